The molecule has 0 aromatic rings. The molecule has 0 aliphatic heterocycles. The summed E-state index contributed by atoms with van der Waals surface area (Å²) in [4.78, 5) is 0. The summed E-state index contributed by atoms with van der Waals surface area (Å²) in [5.41, 5.74) is 5.44. The zero-order chi connectivity index (χ0) is 8.20. The Kier molecular flexibility index (Phi) is 3.91. The van der Waals surface area contributed by atoms with Gasteiger partial charge in [-0.1, -0.05) is 13.8 Å². The molecule has 0 amide bonds. The van der Waals surface area contributed by atoms with Crippen LogP contribution in [0.5, 0.6) is 0 Å². The summed E-state index contributed by atoms with van der Waals surface area (Å²) < 4.78 is 5.52. The minimum atomic E-state index is -0.130. The Hall–Kier alpha value is -0.0800. The molecule has 1 unspecified atom stereocenters. The highest BCUT2D eigenvalue weighted by Crippen LogP contribution is 2.19. The smallest absolute Gasteiger partial charge is 0.0798 e. The van der Waals surface area contributed by atoms with Crippen LogP contribution < -0.4 is 5.73 Å². The van der Waals surface area contributed by atoms with Gasteiger partial charge >= 0.3 is 0 Å². The number of hydrogen-bond acceptors (Lipinski definition) is 2. The first-order chi connectivity index (χ1) is 4.56. The molecule has 62 valence electrons. The fourth-order valence-electron chi connectivity index (χ4n) is 0.791. The monoisotopic (exact) mass is 145 g/mol. The van der Waals surface area contributed by atoms with Crippen molar-refractivity contribution in [3.63, 3.8) is 0 Å². The van der Waals surface area contributed by atoms with Gasteiger partial charge in [-0.2, -0.15) is 0 Å². The number of ether oxygens (including phenoxy) is 1. The van der Waals surface area contributed by atoms with E-state index in [2.05, 4.69) is 20.8 Å². The molecule has 0 aliphatic rings. The van der Waals surface area contributed by atoms with Gasteiger partial charge in [0.25, 0.3) is 0 Å². The molecule has 0 bridgehead atoms. The SMILES string of the molecule is CCOC(C)(CN)C(C)C. The molecule has 0 rings (SSSR count). The third kappa shape index (κ3) is 2.27. The van der Waals surface area contributed by atoms with Gasteiger partial charge in [0, 0.05) is 13.2 Å². The van der Waals surface area contributed by atoms with Crippen LogP contribution in [0.1, 0.15) is 27.7 Å². The number of hydrogen-bond donors (Lipinski definition) is 1. The van der Waals surface area contributed by atoms with Crippen molar-refractivity contribution in [3.05, 3.63) is 0 Å². The molecule has 0 aromatic carbocycles. The van der Waals surface area contributed by atoms with Crippen LogP contribution >= 0.6 is 0 Å². The van der Waals surface area contributed by atoms with Crippen LogP contribution in [0.25, 0.3) is 0 Å². The summed E-state index contributed by atoms with van der Waals surface area (Å²) >= 11 is 0. The highest BCUT2D eigenvalue weighted by atomic mass is 16.5. The molecular weight excluding hydrogens is 126 g/mol. The first-order valence-electron chi connectivity index (χ1n) is 3.91. The molecule has 0 fully saturated rings. The molecule has 0 spiro atoms. The van der Waals surface area contributed by atoms with E-state index >= 15 is 0 Å². The van der Waals surface area contributed by atoms with Crippen LogP contribution in [-0.4, -0.2) is 18.8 Å². The van der Waals surface area contributed by atoms with E-state index in [0.717, 1.165) is 6.61 Å². The average Bonchev–Trinajstić information content (AvgIpc) is 1.88. The van der Waals surface area contributed by atoms with Gasteiger partial charge in [-0.3, -0.25) is 0 Å². The van der Waals surface area contributed by atoms with E-state index in [4.69, 9.17) is 10.5 Å². The first kappa shape index (κ1) is 9.92. The van der Waals surface area contributed by atoms with Gasteiger partial charge in [-0.25, -0.2) is 0 Å². The molecule has 0 radical (unpaired) electrons. The van der Waals surface area contributed by atoms with Crippen LogP contribution in [0.3, 0.4) is 0 Å². The third-order valence-corrected chi connectivity index (χ3v) is 2.10. The van der Waals surface area contributed by atoms with Gasteiger partial charge < -0.3 is 10.5 Å². The Morgan fingerprint density at radius 2 is 2.00 bits per heavy atom. The second-order valence-electron chi connectivity index (χ2n) is 3.10. The molecule has 0 aliphatic carbocycles. The predicted molar refractivity (Wildman–Crippen MR) is 43.9 cm³/mol. The standard InChI is InChI=1S/C8H19NO/c1-5-10-8(4,6-9)7(2)3/h7H,5-6,9H2,1-4H3. The molecular formula is C8H19NO. The van der Waals surface area contributed by atoms with Gasteiger partial charge in [0.05, 0.1) is 5.60 Å². The van der Waals surface area contributed by atoms with E-state index in [0.29, 0.717) is 12.5 Å². The maximum atomic E-state index is 5.57. The Bertz CT molecular complexity index is 93.3. The van der Waals surface area contributed by atoms with Gasteiger partial charge in [0.15, 0.2) is 0 Å². The van der Waals surface area contributed by atoms with Crippen molar-refractivity contribution in [2.75, 3.05) is 13.2 Å². The Morgan fingerprint density at radius 1 is 1.50 bits per heavy atom. The van der Waals surface area contributed by atoms with Crippen molar-refractivity contribution in [3.8, 4) is 0 Å². The van der Waals surface area contributed by atoms with Crippen LogP contribution in [0.2, 0.25) is 0 Å². The number of rotatable bonds is 4. The molecule has 2 N–H and O–H groups in total. The van der Waals surface area contributed by atoms with Crippen molar-refractivity contribution in [1.29, 1.82) is 0 Å². The van der Waals surface area contributed by atoms with Gasteiger partial charge in [-0.05, 0) is 19.8 Å². The maximum Gasteiger partial charge on any atom is 0.0798 e. The largest absolute Gasteiger partial charge is 0.374 e. The van der Waals surface area contributed by atoms with Gasteiger partial charge in [0.2, 0.25) is 0 Å². The van der Waals surface area contributed by atoms with E-state index in [1.165, 1.54) is 0 Å². The topological polar surface area (TPSA) is 35.2 Å². The quantitative estimate of drug-likeness (QED) is 0.649. The average molecular weight is 145 g/mol. The summed E-state index contributed by atoms with van der Waals surface area (Å²) in [5.74, 6) is 0.484. The summed E-state index contributed by atoms with van der Waals surface area (Å²) in [6, 6.07) is 0. The molecule has 0 saturated heterocycles. The van der Waals surface area contributed by atoms with Crippen LogP contribution in [0.15, 0.2) is 0 Å². The van der Waals surface area contributed by atoms with E-state index in [-0.39, 0.29) is 5.60 Å². The minimum Gasteiger partial charge on any atom is -0.374 e. The van der Waals surface area contributed by atoms with Gasteiger partial charge in [-0.15, -0.1) is 0 Å². The van der Waals surface area contributed by atoms with Crippen molar-refractivity contribution < 1.29 is 4.74 Å². The van der Waals surface area contributed by atoms with Crippen LogP contribution in [-0.2, 0) is 4.74 Å². The summed E-state index contributed by atoms with van der Waals surface area (Å²) in [7, 11) is 0. The molecule has 0 heterocycles. The second kappa shape index (κ2) is 3.94. The van der Waals surface area contributed by atoms with E-state index in [1.807, 2.05) is 6.92 Å². The van der Waals surface area contributed by atoms with Crippen LogP contribution in [0.4, 0.5) is 0 Å². The highest BCUT2D eigenvalue weighted by molar-refractivity contribution is 4.79. The maximum absolute atomic E-state index is 5.57. The molecule has 2 nitrogen and oxygen atoms in total. The molecule has 1 atom stereocenters. The highest BCUT2D eigenvalue weighted by Gasteiger charge is 2.26. The van der Waals surface area contributed by atoms with Crippen molar-refractivity contribution in [1.82, 2.24) is 0 Å². The Morgan fingerprint density at radius 3 is 2.10 bits per heavy atom. The van der Waals surface area contributed by atoms with E-state index < -0.39 is 0 Å². The lowest BCUT2D eigenvalue weighted by Crippen LogP contribution is -2.42. The Labute approximate surface area is 63.7 Å². The lowest BCUT2D eigenvalue weighted by molar-refractivity contribution is -0.0511. The zero-order valence-corrected chi connectivity index (χ0v) is 7.48. The molecule has 0 saturated carbocycles. The molecule has 10 heavy (non-hydrogen) atoms. The second-order valence-corrected chi connectivity index (χ2v) is 3.10. The lowest BCUT2D eigenvalue weighted by atomic mass is 9.92. The first-order valence-corrected chi connectivity index (χ1v) is 3.91. The Balaban J connectivity index is 3.94. The van der Waals surface area contributed by atoms with Crippen molar-refractivity contribution in [2.24, 2.45) is 11.7 Å². The summed E-state index contributed by atoms with van der Waals surface area (Å²) in [6.45, 7) is 9.65. The van der Waals surface area contributed by atoms with Crippen LogP contribution in [0, 0.1) is 5.92 Å². The summed E-state index contributed by atoms with van der Waals surface area (Å²) in [6.07, 6.45) is 0. The van der Waals surface area contributed by atoms with E-state index in [9.17, 15) is 0 Å². The fourth-order valence-corrected chi connectivity index (χ4v) is 0.791. The lowest BCUT2D eigenvalue weighted by Gasteiger charge is -2.31. The fraction of sp³-hybridized carbons (Fsp3) is 1.00. The number of nitrogens with two attached hydrogens (primary N) is 1. The van der Waals surface area contributed by atoms with E-state index in [1.54, 1.807) is 0 Å². The summed E-state index contributed by atoms with van der Waals surface area (Å²) in [5, 5.41) is 0. The normalized spacial score (nSPS) is 17.4. The van der Waals surface area contributed by atoms with Crippen molar-refractivity contribution in [2.45, 2.75) is 33.3 Å². The van der Waals surface area contributed by atoms with Crippen molar-refractivity contribution >= 4 is 0 Å². The zero-order valence-electron chi connectivity index (χ0n) is 7.48. The van der Waals surface area contributed by atoms with Gasteiger partial charge in [0.1, 0.15) is 0 Å². The molecule has 0 aromatic heterocycles. The third-order valence-electron chi connectivity index (χ3n) is 2.10. The minimum absolute atomic E-state index is 0.130. The molecule has 2 heteroatoms. The predicted octanol–water partition coefficient (Wildman–Crippen LogP) is 1.40.